The first-order chi connectivity index (χ1) is 8.66. The van der Waals surface area contributed by atoms with Gasteiger partial charge in [0.1, 0.15) is 12.1 Å². The van der Waals surface area contributed by atoms with Crippen LogP contribution in [0.5, 0.6) is 5.75 Å². The molecule has 0 amide bonds. The van der Waals surface area contributed by atoms with Crippen molar-refractivity contribution in [2.45, 2.75) is 13.0 Å². The molecule has 1 aromatic heterocycles. The van der Waals surface area contributed by atoms with Crippen LogP contribution in [0.4, 0.5) is 0 Å². The summed E-state index contributed by atoms with van der Waals surface area (Å²) in [5.41, 5.74) is 1.73. The van der Waals surface area contributed by atoms with E-state index in [-0.39, 0.29) is 0 Å². The zero-order valence-corrected chi connectivity index (χ0v) is 9.78. The molecule has 0 spiro atoms. The van der Waals surface area contributed by atoms with Crippen LogP contribution in [0.25, 0.3) is 11.1 Å². The quantitative estimate of drug-likeness (QED) is 0.890. The van der Waals surface area contributed by atoms with E-state index in [4.69, 9.17) is 9.84 Å². The molecule has 0 saturated carbocycles. The summed E-state index contributed by atoms with van der Waals surface area (Å²) < 4.78 is 5.30. The molecule has 5 heteroatoms. The smallest absolute Gasteiger partial charge is 0.344 e. The summed E-state index contributed by atoms with van der Waals surface area (Å²) in [5.74, 6) is -0.491. The molecule has 1 aromatic carbocycles. The number of hydrogen-bond acceptors (Lipinski definition) is 4. The van der Waals surface area contributed by atoms with Crippen molar-refractivity contribution in [1.29, 1.82) is 0 Å². The summed E-state index contributed by atoms with van der Waals surface area (Å²) in [5, 5.41) is 8.78. The molecule has 0 aliphatic rings. The summed E-state index contributed by atoms with van der Waals surface area (Å²) in [6.45, 7) is 1.49. The van der Waals surface area contributed by atoms with Gasteiger partial charge in [0.25, 0.3) is 0 Å². The topological polar surface area (TPSA) is 72.3 Å². The van der Waals surface area contributed by atoms with Gasteiger partial charge in [-0.3, -0.25) is 0 Å². The molecule has 0 saturated heterocycles. The SMILES string of the molecule is CC(Oc1cccc(-c2cncnc2)c1)C(=O)O. The third-order valence-corrected chi connectivity index (χ3v) is 2.39. The molecule has 1 heterocycles. The lowest BCUT2D eigenvalue weighted by atomic mass is 10.1. The van der Waals surface area contributed by atoms with Crippen LogP contribution in [0.15, 0.2) is 43.0 Å². The van der Waals surface area contributed by atoms with Gasteiger partial charge in [-0.05, 0) is 24.6 Å². The van der Waals surface area contributed by atoms with Crippen LogP contribution in [-0.2, 0) is 4.79 Å². The summed E-state index contributed by atoms with van der Waals surface area (Å²) in [7, 11) is 0. The number of aromatic nitrogens is 2. The largest absolute Gasteiger partial charge is 0.479 e. The number of carbonyl (C=O) groups is 1. The van der Waals surface area contributed by atoms with Gasteiger partial charge in [0.05, 0.1) is 0 Å². The molecule has 2 aromatic rings. The Balaban J connectivity index is 2.23. The molecule has 5 nitrogen and oxygen atoms in total. The number of carboxylic acid groups (broad SMARTS) is 1. The second kappa shape index (κ2) is 5.27. The van der Waals surface area contributed by atoms with Crippen molar-refractivity contribution in [3.8, 4) is 16.9 Å². The number of benzene rings is 1. The number of nitrogens with zero attached hydrogens (tertiary/aromatic N) is 2. The van der Waals surface area contributed by atoms with Crippen molar-refractivity contribution in [3.05, 3.63) is 43.0 Å². The molecule has 0 bridgehead atoms. The highest BCUT2D eigenvalue weighted by Crippen LogP contribution is 2.23. The Bertz CT molecular complexity index is 543. The van der Waals surface area contributed by atoms with Crippen molar-refractivity contribution in [2.75, 3.05) is 0 Å². The first-order valence-electron chi connectivity index (χ1n) is 5.42. The highest BCUT2D eigenvalue weighted by Gasteiger charge is 2.12. The van der Waals surface area contributed by atoms with Crippen LogP contribution in [0.3, 0.4) is 0 Å². The standard InChI is InChI=1S/C13H12N2O3/c1-9(13(16)17)18-12-4-2-3-10(5-12)11-6-14-8-15-7-11/h2-9H,1H3,(H,16,17). The average Bonchev–Trinajstić information content (AvgIpc) is 2.40. The Labute approximate surface area is 104 Å². The average molecular weight is 244 g/mol. The van der Waals surface area contributed by atoms with E-state index in [1.807, 2.05) is 6.07 Å². The number of rotatable bonds is 4. The van der Waals surface area contributed by atoms with Crippen molar-refractivity contribution < 1.29 is 14.6 Å². The summed E-state index contributed by atoms with van der Waals surface area (Å²) in [6.07, 6.45) is 3.95. The van der Waals surface area contributed by atoms with Crippen molar-refractivity contribution in [2.24, 2.45) is 0 Å². The Morgan fingerprint density at radius 2 is 2.00 bits per heavy atom. The summed E-state index contributed by atoms with van der Waals surface area (Å²) in [4.78, 5) is 18.6. The summed E-state index contributed by atoms with van der Waals surface area (Å²) >= 11 is 0. The Morgan fingerprint density at radius 3 is 2.67 bits per heavy atom. The van der Waals surface area contributed by atoms with Gasteiger partial charge in [0.2, 0.25) is 0 Å². The maximum Gasteiger partial charge on any atom is 0.344 e. The van der Waals surface area contributed by atoms with Crippen LogP contribution >= 0.6 is 0 Å². The summed E-state index contributed by atoms with van der Waals surface area (Å²) in [6, 6.07) is 7.16. The van der Waals surface area contributed by atoms with Crippen LogP contribution in [0.2, 0.25) is 0 Å². The second-order valence-electron chi connectivity index (χ2n) is 3.75. The molecule has 0 aliphatic carbocycles. The molecule has 0 fully saturated rings. The molecule has 18 heavy (non-hydrogen) atoms. The molecule has 1 N–H and O–H groups in total. The highest BCUT2D eigenvalue weighted by atomic mass is 16.5. The maximum atomic E-state index is 10.7. The zero-order valence-electron chi connectivity index (χ0n) is 9.78. The van der Waals surface area contributed by atoms with Gasteiger partial charge in [-0.1, -0.05) is 12.1 Å². The molecular formula is C13H12N2O3. The normalized spacial score (nSPS) is 11.8. The van der Waals surface area contributed by atoms with E-state index in [1.165, 1.54) is 13.3 Å². The van der Waals surface area contributed by atoms with Gasteiger partial charge < -0.3 is 9.84 Å². The molecule has 92 valence electrons. The third-order valence-electron chi connectivity index (χ3n) is 2.39. The predicted octanol–water partition coefficient (Wildman–Crippen LogP) is 2.00. The van der Waals surface area contributed by atoms with Crippen LogP contribution in [-0.4, -0.2) is 27.1 Å². The van der Waals surface area contributed by atoms with E-state index in [0.29, 0.717) is 5.75 Å². The number of hydrogen-bond donors (Lipinski definition) is 1. The van der Waals surface area contributed by atoms with Crippen molar-refractivity contribution in [3.63, 3.8) is 0 Å². The Kier molecular flexibility index (Phi) is 3.52. The van der Waals surface area contributed by atoms with Gasteiger partial charge in [-0.25, -0.2) is 14.8 Å². The fraction of sp³-hybridized carbons (Fsp3) is 0.154. The minimum atomic E-state index is -0.997. The first kappa shape index (κ1) is 12.0. The molecule has 0 aliphatic heterocycles. The highest BCUT2D eigenvalue weighted by molar-refractivity contribution is 5.72. The lowest BCUT2D eigenvalue weighted by Crippen LogP contribution is -2.22. The molecular weight excluding hydrogens is 232 g/mol. The van der Waals surface area contributed by atoms with E-state index in [0.717, 1.165) is 11.1 Å². The fourth-order valence-electron chi connectivity index (χ4n) is 1.45. The van der Waals surface area contributed by atoms with Crippen molar-refractivity contribution >= 4 is 5.97 Å². The fourth-order valence-corrected chi connectivity index (χ4v) is 1.45. The minimum Gasteiger partial charge on any atom is -0.479 e. The third kappa shape index (κ3) is 2.82. The van der Waals surface area contributed by atoms with E-state index >= 15 is 0 Å². The second-order valence-corrected chi connectivity index (χ2v) is 3.75. The van der Waals surface area contributed by atoms with E-state index in [9.17, 15) is 4.79 Å². The van der Waals surface area contributed by atoms with Gasteiger partial charge in [0.15, 0.2) is 6.10 Å². The van der Waals surface area contributed by atoms with Gasteiger partial charge in [-0.15, -0.1) is 0 Å². The monoisotopic (exact) mass is 244 g/mol. The first-order valence-corrected chi connectivity index (χ1v) is 5.42. The predicted molar refractivity (Wildman–Crippen MR) is 65.2 cm³/mol. The van der Waals surface area contributed by atoms with Gasteiger partial charge in [-0.2, -0.15) is 0 Å². The molecule has 1 unspecified atom stereocenters. The molecule has 1 atom stereocenters. The van der Waals surface area contributed by atoms with Crippen LogP contribution in [0.1, 0.15) is 6.92 Å². The molecule has 2 rings (SSSR count). The Hall–Kier alpha value is -2.43. The Morgan fingerprint density at radius 1 is 1.28 bits per heavy atom. The van der Waals surface area contributed by atoms with Crippen LogP contribution in [0, 0.1) is 0 Å². The zero-order chi connectivity index (χ0) is 13.0. The molecule has 0 radical (unpaired) electrons. The lowest BCUT2D eigenvalue weighted by Gasteiger charge is -2.11. The number of aliphatic carboxylic acids is 1. The van der Waals surface area contributed by atoms with E-state index in [1.54, 1.807) is 30.6 Å². The van der Waals surface area contributed by atoms with Crippen LogP contribution < -0.4 is 4.74 Å². The minimum absolute atomic E-state index is 0.506. The van der Waals surface area contributed by atoms with Gasteiger partial charge >= 0.3 is 5.97 Å². The lowest BCUT2D eigenvalue weighted by molar-refractivity contribution is -0.144. The maximum absolute atomic E-state index is 10.7. The number of ether oxygens (including phenoxy) is 1. The van der Waals surface area contributed by atoms with Gasteiger partial charge in [0, 0.05) is 18.0 Å². The van der Waals surface area contributed by atoms with Crippen molar-refractivity contribution in [1.82, 2.24) is 9.97 Å². The van der Waals surface area contributed by atoms with E-state index < -0.39 is 12.1 Å². The number of carboxylic acids is 1. The van der Waals surface area contributed by atoms with E-state index in [2.05, 4.69) is 9.97 Å².